The number of hydrogen-bond donors (Lipinski definition) is 2. The van der Waals surface area contributed by atoms with Crippen molar-refractivity contribution in [3.8, 4) is 0 Å². The molecule has 0 fully saturated rings. The molecule has 0 aromatic heterocycles. The lowest BCUT2D eigenvalue weighted by atomic mass is 10.1. The molecule has 2 aromatic rings. The minimum Gasteiger partial charge on any atom is -0.389 e. The SMILES string of the molecule is NC(=S)c1cc(Br)ccc1NC(=O)c1ccc(F)cc1F. The fourth-order valence-electron chi connectivity index (χ4n) is 1.69. The highest BCUT2D eigenvalue weighted by molar-refractivity contribution is 9.10. The van der Waals surface area contributed by atoms with Gasteiger partial charge in [0.1, 0.15) is 16.6 Å². The molecule has 0 spiro atoms. The molecular weight excluding hydrogens is 362 g/mol. The Morgan fingerprint density at radius 2 is 1.86 bits per heavy atom. The van der Waals surface area contributed by atoms with Gasteiger partial charge in [-0.1, -0.05) is 28.1 Å². The Morgan fingerprint density at radius 1 is 1.14 bits per heavy atom. The first-order chi connectivity index (χ1) is 9.88. The first kappa shape index (κ1) is 15.5. The van der Waals surface area contributed by atoms with Gasteiger partial charge < -0.3 is 11.1 Å². The summed E-state index contributed by atoms with van der Waals surface area (Å²) in [6.45, 7) is 0. The summed E-state index contributed by atoms with van der Waals surface area (Å²) < 4.78 is 27.1. The number of nitrogens with one attached hydrogen (secondary N) is 1. The number of amides is 1. The molecule has 0 saturated carbocycles. The summed E-state index contributed by atoms with van der Waals surface area (Å²) >= 11 is 8.17. The quantitative estimate of drug-likeness (QED) is 0.811. The molecule has 2 aromatic carbocycles. The van der Waals surface area contributed by atoms with Crippen LogP contribution in [-0.2, 0) is 0 Å². The Morgan fingerprint density at radius 3 is 2.48 bits per heavy atom. The van der Waals surface area contributed by atoms with Crippen molar-refractivity contribution in [3.63, 3.8) is 0 Å². The Kier molecular flexibility index (Phi) is 4.64. The predicted octanol–water partition coefficient (Wildman–Crippen LogP) is 3.61. The molecule has 1 amide bonds. The van der Waals surface area contributed by atoms with Crippen LogP contribution in [0.5, 0.6) is 0 Å². The first-order valence-electron chi connectivity index (χ1n) is 5.74. The molecule has 108 valence electrons. The van der Waals surface area contributed by atoms with E-state index in [9.17, 15) is 13.6 Å². The molecule has 7 heteroatoms. The van der Waals surface area contributed by atoms with E-state index >= 15 is 0 Å². The van der Waals surface area contributed by atoms with Crippen LogP contribution in [0, 0.1) is 11.6 Å². The second-order valence-electron chi connectivity index (χ2n) is 4.13. The second kappa shape index (κ2) is 6.28. The number of anilines is 1. The van der Waals surface area contributed by atoms with E-state index in [1.54, 1.807) is 18.2 Å². The van der Waals surface area contributed by atoms with Gasteiger partial charge in [-0.05, 0) is 30.3 Å². The highest BCUT2D eigenvalue weighted by Gasteiger charge is 2.15. The minimum atomic E-state index is -0.943. The maximum atomic E-state index is 13.6. The monoisotopic (exact) mass is 370 g/mol. The van der Waals surface area contributed by atoms with Crippen molar-refractivity contribution in [2.75, 3.05) is 5.32 Å². The molecule has 0 unspecified atom stereocenters. The average molecular weight is 371 g/mol. The van der Waals surface area contributed by atoms with Crippen LogP contribution in [0.1, 0.15) is 15.9 Å². The lowest BCUT2D eigenvalue weighted by Crippen LogP contribution is -2.18. The Hall–Kier alpha value is -1.86. The van der Waals surface area contributed by atoms with Gasteiger partial charge in [0.05, 0.1) is 11.3 Å². The molecule has 0 bridgehead atoms. The van der Waals surface area contributed by atoms with Gasteiger partial charge in [-0.15, -0.1) is 0 Å². The number of thiocarbonyl (C=S) groups is 1. The third-order valence-electron chi connectivity index (χ3n) is 2.67. The largest absolute Gasteiger partial charge is 0.389 e. The second-order valence-corrected chi connectivity index (χ2v) is 5.49. The zero-order valence-corrected chi connectivity index (χ0v) is 12.9. The van der Waals surface area contributed by atoms with E-state index in [0.29, 0.717) is 17.3 Å². The van der Waals surface area contributed by atoms with Gasteiger partial charge in [0.25, 0.3) is 5.91 Å². The predicted molar refractivity (Wildman–Crippen MR) is 84.3 cm³/mol. The van der Waals surface area contributed by atoms with E-state index in [2.05, 4.69) is 21.2 Å². The van der Waals surface area contributed by atoms with Crippen LogP contribution < -0.4 is 11.1 Å². The van der Waals surface area contributed by atoms with Gasteiger partial charge >= 0.3 is 0 Å². The molecule has 3 nitrogen and oxygen atoms in total. The van der Waals surface area contributed by atoms with Crippen LogP contribution in [0.3, 0.4) is 0 Å². The van der Waals surface area contributed by atoms with Crippen LogP contribution in [0.2, 0.25) is 0 Å². The zero-order valence-electron chi connectivity index (χ0n) is 10.5. The van der Waals surface area contributed by atoms with Gasteiger partial charge in [0.15, 0.2) is 0 Å². The summed E-state index contributed by atoms with van der Waals surface area (Å²) in [5, 5.41) is 2.51. The number of rotatable bonds is 3. The maximum Gasteiger partial charge on any atom is 0.258 e. The molecule has 0 aliphatic heterocycles. The van der Waals surface area contributed by atoms with Gasteiger partial charge in [0.2, 0.25) is 0 Å². The standard InChI is InChI=1S/C14H9BrF2N2OS/c15-7-1-4-12(10(5-7)13(18)21)19-14(20)9-3-2-8(16)6-11(9)17/h1-6H,(H2,18,21)(H,19,20). The van der Waals surface area contributed by atoms with Crippen molar-refractivity contribution >= 4 is 44.7 Å². The number of carbonyl (C=O) groups excluding carboxylic acids is 1. The van der Waals surface area contributed by atoms with Crippen LogP contribution in [0.25, 0.3) is 0 Å². The summed E-state index contributed by atoms with van der Waals surface area (Å²) in [5.74, 6) is -2.41. The van der Waals surface area contributed by atoms with Gasteiger partial charge in [-0.3, -0.25) is 4.79 Å². The smallest absolute Gasteiger partial charge is 0.258 e. The summed E-state index contributed by atoms with van der Waals surface area (Å²) in [6.07, 6.45) is 0. The van der Waals surface area contributed by atoms with Crippen LogP contribution in [0.4, 0.5) is 14.5 Å². The molecular formula is C14H9BrF2N2OS. The van der Waals surface area contributed by atoms with Crippen molar-refractivity contribution in [1.29, 1.82) is 0 Å². The third-order valence-corrected chi connectivity index (χ3v) is 3.38. The van der Waals surface area contributed by atoms with Crippen LogP contribution in [-0.4, -0.2) is 10.9 Å². The lowest BCUT2D eigenvalue weighted by Gasteiger charge is -2.11. The fraction of sp³-hybridized carbons (Fsp3) is 0. The molecule has 0 atom stereocenters. The fourth-order valence-corrected chi connectivity index (χ4v) is 2.22. The van der Waals surface area contributed by atoms with Gasteiger partial charge in [-0.25, -0.2) is 8.78 Å². The Bertz CT molecular complexity index is 737. The van der Waals surface area contributed by atoms with Crippen LogP contribution >= 0.6 is 28.1 Å². The minimum absolute atomic E-state index is 0.0891. The molecule has 2 rings (SSSR count). The number of benzene rings is 2. The summed E-state index contributed by atoms with van der Waals surface area (Å²) in [4.78, 5) is 12.1. The molecule has 3 N–H and O–H groups in total. The van der Waals surface area contributed by atoms with Gasteiger partial charge in [0, 0.05) is 16.1 Å². The summed E-state index contributed by atoms with van der Waals surface area (Å²) in [5.41, 5.74) is 6.10. The van der Waals surface area contributed by atoms with Crippen molar-refractivity contribution in [1.82, 2.24) is 0 Å². The normalized spacial score (nSPS) is 10.2. The van der Waals surface area contributed by atoms with E-state index < -0.39 is 17.5 Å². The van der Waals surface area contributed by atoms with E-state index in [1.807, 2.05) is 0 Å². The van der Waals surface area contributed by atoms with Crippen molar-refractivity contribution in [2.45, 2.75) is 0 Å². The Labute approximate surface area is 133 Å². The van der Waals surface area contributed by atoms with E-state index in [-0.39, 0.29) is 10.6 Å². The highest BCUT2D eigenvalue weighted by atomic mass is 79.9. The van der Waals surface area contributed by atoms with Gasteiger partial charge in [-0.2, -0.15) is 0 Å². The third kappa shape index (κ3) is 3.62. The van der Waals surface area contributed by atoms with E-state index in [0.717, 1.165) is 16.6 Å². The van der Waals surface area contributed by atoms with Crippen molar-refractivity contribution < 1.29 is 13.6 Å². The highest BCUT2D eigenvalue weighted by Crippen LogP contribution is 2.22. The van der Waals surface area contributed by atoms with Crippen LogP contribution in [0.15, 0.2) is 40.9 Å². The lowest BCUT2D eigenvalue weighted by molar-refractivity contribution is 0.102. The first-order valence-corrected chi connectivity index (χ1v) is 6.94. The average Bonchev–Trinajstić information content (AvgIpc) is 2.40. The summed E-state index contributed by atoms with van der Waals surface area (Å²) in [6, 6.07) is 7.62. The topological polar surface area (TPSA) is 55.1 Å². The molecule has 0 aliphatic rings. The molecule has 21 heavy (non-hydrogen) atoms. The number of halogens is 3. The molecule has 0 saturated heterocycles. The maximum absolute atomic E-state index is 13.6. The number of nitrogens with two attached hydrogens (primary N) is 1. The molecule has 0 heterocycles. The number of carbonyl (C=O) groups is 1. The Balaban J connectivity index is 2.34. The van der Waals surface area contributed by atoms with Crippen molar-refractivity contribution in [2.24, 2.45) is 5.73 Å². The van der Waals surface area contributed by atoms with Crippen molar-refractivity contribution in [3.05, 3.63) is 63.6 Å². The molecule has 0 radical (unpaired) electrons. The molecule has 0 aliphatic carbocycles. The zero-order chi connectivity index (χ0) is 15.6. The number of hydrogen-bond acceptors (Lipinski definition) is 2. The summed E-state index contributed by atoms with van der Waals surface area (Å²) in [7, 11) is 0. The van der Waals surface area contributed by atoms with E-state index in [4.69, 9.17) is 18.0 Å². The van der Waals surface area contributed by atoms with E-state index in [1.165, 1.54) is 0 Å².